The highest BCUT2D eigenvalue weighted by Gasteiger charge is 2.15. The first-order chi connectivity index (χ1) is 9.24. The molecular weight excluding hydrogens is 302 g/mol. The van der Waals surface area contributed by atoms with Gasteiger partial charge in [-0.2, -0.15) is 0 Å². The van der Waals surface area contributed by atoms with Crippen LogP contribution >= 0.6 is 15.9 Å². The minimum atomic E-state index is 0.103. The van der Waals surface area contributed by atoms with Crippen molar-refractivity contribution in [2.24, 2.45) is 0 Å². The summed E-state index contributed by atoms with van der Waals surface area (Å²) in [6.45, 7) is 2.22. The lowest BCUT2D eigenvalue weighted by Crippen LogP contribution is -2.16. The number of nitrogens with one attached hydrogen (secondary N) is 1. The summed E-state index contributed by atoms with van der Waals surface area (Å²) >= 11 is 3.35. The number of unbranched alkanes of at least 4 members (excludes halogenated alkanes) is 1. The Bertz CT molecular complexity index is 504. The fourth-order valence-electron chi connectivity index (χ4n) is 2.21. The maximum Gasteiger partial charge on any atom is 0.169 e. The zero-order valence-electron chi connectivity index (χ0n) is 11.4. The highest BCUT2D eigenvalue weighted by atomic mass is 79.9. The van der Waals surface area contributed by atoms with Gasteiger partial charge in [0.15, 0.2) is 4.67 Å². The molecule has 2 nitrogen and oxygen atoms in total. The van der Waals surface area contributed by atoms with Crippen LogP contribution in [0.5, 0.6) is 0 Å². The average Bonchev–Trinajstić information content (AvgIpc) is 2.85. The second-order valence-corrected chi connectivity index (χ2v) is 5.49. The molecule has 2 rings (SSSR count). The zero-order valence-corrected chi connectivity index (χ0v) is 13.0. The fraction of sp³-hybridized carbons (Fsp3) is 0.375. The molecule has 1 heterocycles. The van der Waals surface area contributed by atoms with E-state index < -0.39 is 0 Å². The Morgan fingerprint density at radius 1 is 1.16 bits per heavy atom. The molecule has 0 aliphatic heterocycles. The van der Waals surface area contributed by atoms with Crippen LogP contribution in [0.25, 0.3) is 0 Å². The maximum atomic E-state index is 5.64. The maximum absolute atomic E-state index is 5.64. The lowest BCUT2D eigenvalue weighted by molar-refractivity contribution is 0.447. The first-order valence-corrected chi connectivity index (χ1v) is 7.55. The zero-order chi connectivity index (χ0) is 13.7. The van der Waals surface area contributed by atoms with E-state index in [1.165, 1.54) is 24.0 Å². The molecule has 0 amide bonds. The third-order valence-electron chi connectivity index (χ3n) is 3.30. The van der Waals surface area contributed by atoms with E-state index in [2.05, 4.69) is 52.4 Å². The van der Waals surface area contributed by atoms with Crippen LogP contribution in [-0.4, -0.2) is 7.05 Å². The van der Waals surface area contributed by atoms with Gasteiger partial charge in [-0.1, -0.05) is 37.6 Å². The number of benzene rings is 1. The van der Waals surface area contributed by atoms with E-state index in [1.807, 2.05) is 19.2 Å². The Hall–Kier alpha value is -1.06. The molecule has 2 aromatic rings. The van der Waals surface area contributed by atoms with Crippen LogP contribution in [0, 0.1) is 0 Å². The van der Waals surface area contributed by atoms with Crippen LogP contribution in [0.1, 0.15) is 42.7 Å². The van der Waals surface area contributed by atoms with Crippen LogP contribution in [-0.2, 0) is 6.42 Å². The van der Waals surface area contributed by atoms with Gasteiger partial charge in [0.2, 0.25) is 0 Å². The Kier molecular flexibility index (Phi) is 5.23. The van der Waals surface area contributed by atoms with Gasteiger partial charge in [-0.3, -0.25) is 0 Å². The average molecular weight is 322 g/mol. The van der Waals surface area contributed by atoms with Crippen molar-refractivity contribution in [3.63, 3.8) is 0 Å². The van der Waals surface area contributed by atoms with E-state index in [1.54, 1.807) is 0 Å². The topological polar surface area (TPSA) is 25.2 Å². The largest absolute Gasteiger partial charge is 0.452 e. The quantitative estimate of drug-likeness (QED) is 0.834. The van der Waals surface area contributed by atoms with E-state index in [0.29, 0.717) is 0 Å². The summed E-state index contributed by atoms with van der Waals surface area (Å²) in [5, 5.41) is 3.30. The minimum Gasteiger partial charge on any atom is -0.452 e. The monoisotopic (exact) mass is 321 g/mol. The molecule has 1 aromatic heterocycles. The number of hydrogen-bond donors (Lipinski definition) is 1. The van der Waals surface area contributed by atoms with Crippen molar-refractivity contribution in [2.45, 2.75) is 32.2 Å². The Morgan fingerprint density at radius 3 is 2.42 bits per heavy atom. The Labute approximate surface area is 123 Å². The summed E-state index contributed by atoms with van der Waals surface area (Å²) in [6.07, 6.45) is 3.65. The lowest BCUT2D eigenvalue weighted by Gasteiger charge is -2.14. The Balaban J connectivity index is 2.15. The second-order valence-electron chi connectivity index (χ2n) is 4.71. The molecule has 1 aromatic carbocycles. The number of hydrogen-bond acceptors (Lipinski definition) is 2. The lowest BCUT2D eigenvalue weighted by atomic mass is 10.0. The molecule has 19 heavy (non-hydrogen) atoms. The summed E-state index contributed by atoms with van der Waals surface area (Å²) in [5.41, 5.74) is 2.63. The van der Waals surface area contributed by atoms with Gasteiger partial charge in [-0.25, -0.2) is 0 Å². The molecule has 0 saturated heterocycles. The standard InChI is InChI=1S/C16H20BrNO/c1-3-4-5-12-6-8-13(9-7-12)16(18-2)14-10-11-15(17)19-14/h6-11,16,18H,3-5H2,1-2H3. The molecule has 0 bridgehead atoms. The number of rotatable bonds is 6. The molecule has 0 spiro atoms. The highest BCUT2D eigenvalue weighted by Crippen LogP contribution is 2.26. The van der Waals surface area contributed by atoms with Crippen molar-refractivity contribution in [1.82, 2.24) is 5.32 Å². The van der Waals surface area contributed by atoms with Gasteiger partial charge in [0.25, 0.3) is 0 Å². The summed E-state index contributed by atoms with van der Waals surface area (Å²) < 4.78 is 6.41. The van der Waals surface area contributed by atoms with Crippen molar-refractivity contribution in [3.8, 4) is 0 Å². The van der Waals surface area contributed by atoms with E-state index in [4.69, 9.17) is 4.42 Å². The highest BCUT2D eigenvalue weighted by molar-refractivity contribution is 9.10. The molecular formula is C16H20BrNO. The van der Waals surface area contributed by atoms with Crippen molar-refractivity contribution in [1.29, 1.82) is 0 Å². The van der Waals surface area contributed by atoms with Gasteiger partial charge in [0.1, 0.15) is 5.76 Å². The number of furan rings is 1. The number of aryl methyl sites for hydroxylation is 1. The van der Waals surface area contributed by atoms with Gasteiger partial charge in [-0.05, 0) is 59.1 Å². The SMILES string of the molecule is CCCCc1ccc(C(NC)c2ccc(Br)o2)cc1. The predicted molar refractivity (Wildman–Crippen MR) is 82.4 cm³/mol. The summed E-state index contributed by atoms with van der Waals surface area (Å²) in [5.74, 6) is 0.927. The number of halogens is 1. The van der Waals surface area contributed by atoms with E-state index >= 15 is 0 Å². The third kappa shape index (κ3) is 3.71. The van der Waals surface area contributed by atoms with Crippen LogP contribution in [0.2, 0.25) is 0 Å². The molecule has 3 heteroatoms. The Morgan fingerprint density at radius 2 is 1.89 bits per heavy atom. The molecule has 0 radical (unpaired) electrons. The van der Waals surface area contributed by atoms with Crippen molar-refractivity contribution in [2.75, 3.05) is 7.05 Å². The first kappa shape index (κ1) is 14.4. The van der Waals surface area contributed by atoms with Crippen molar-refractivity contribution >= 4 is 15.9 Å². The van der Waals surface area contributed by atoms with Gasteiger partial charge in [0.05, 0.1) is 6.04 Å². The molecule has 1 atom stereocenters. The van der Waals surface area contributed by atoms with E-state index in [0.717, 1.165) is 16.9 Å². The van der Waals surface area contributed by atoms with E-state index in [9.17, 15) is 0 Å². The van der Waals surface area contributed by atoms with Gasteiger partial charge >= 0.3 is 0 Å². The second kappa shape index (κ2) is 6.92. The molecule has 0 aliphatic carbocycles. The smallest absolute Gasteiger partial charge is 0.169 e. The minimum absolute atomic E-state index is 0.103. The molecule has 1 unspecified atom stereocenters. The predicted octanol–water partition coefficient (Wildman–Crippen LogP) is 4.69. The third-order valence-corrected chi connectivity index (χ3v) is 3.73. The van der Waals surface area contributed by atoms with Crippen LogP contribution in [0.3, 0.4) is 0 Å². The summed E-state index contributed by atoms with van der Waals surface area (Å²) in [4.78, 5) is 0. The summed E-state index contributed by atoms with van der Waals surface area (Å²) in [6, 6.07) is 12.8. The van der Waals surface area contributed by atoms with Crippen molar-refractivity contribution in [3.05, 3.63) is 58.0 Å². The fourth-order valence-corrected chi connectivity index (χ4v) is 2.53. The first-order valence-electron chi connectivity index (χ1n) is 6.76. The van der Waals surface area contributed by atoms with Crippen LogP contribution in [0.15, 0.2) is 45.5 Å². The van der Waals surface area contributed by atoms with E-state index in [-0.39, 0.29) is 6.04 Å². The van der Waals surface area contributed by atoms with Crippen molar-refractivity contribution < 1.29 is 4.42 Å². The molecule has 102 valence electrons. The molecule has 0 aliphatic rings. The van der Waals surface area contributed by atoms with Gasteiger partial charge in [-0.15, -0.1) is 0 Å². The van der Waals surface area contributed by atoms with Gasteiger partial charge < -0.3 is 9.73 Å². The normalized spacial score (nSPS) is 12.6. The molecule has 0 saturated carbocycles. The van der Waals surface area contributed by atoms with Crippen LogP contribution < -0.4 is 5.32 Å². The van der Waals surface area contributed by atoms with Crippen LogP contribution in [0.4, 0.5) is 0 Å². The summed E-state index contributed by atoms with van der Waals surface area (Å²) in [7, 11) is 1.95. The molecule has 1 N–H and O–H groups in total. The van der Waals surface area contributed by atoms with Gasteiger partial charge in [0, 0.05) is 0 Å². The molecule has 0 fully saturated rings.